The third-order valence-corrected chi connectivity index (χ3v) is 4.52. The summed E-state index contributed by atoms with van der Waals surface area (Å²) in [4.78, 5) is 0. The summed E-state index contributed by atoms with van der Waals surface area (Å²) in [6.07, 6.45) is 9.43. The van der Waals surface area contributed by atoms with Crippen molar-refractivity contribution < 1.29 is 4.74 Å². The van der Waals surface area contributed by atoms with Gasteiger partial charge in [0.05, 0.1) is 7.11 Å². The van der Waals surface area contributed by atoms with Crippen LogP contribution in [0, 0.1) is 5.92 Å². The van der Waals surface area contributed by atoms with Crippen molar-refractivity contribution in [2.45, 2.75) is 57.9 Å². The summed E-state index contributed by atoms with van der Waals surface area (Å²) in [5, 5.41) is 3.73. The standard InChI is InChI=1S/C18H29NO/c1-3-5-15-8-10-17(11-9-15)19-13-12-16-6-4-7-18(14-16)20-2/h4,6-7,14-15,17,19H,3,5,8-13H2,1-2H3. The summed E-state index contributed by atoms with van der Waals surface area (Å²) in [6, 6.07) is 9.15. The van der Waals surface area contributed by atoms with Gasteiger partial charge in [0.1, 0.15) is 5.75 Å². The third-order valence-electron chi connectivity index (χ3n) is 4.52. The highest BCUT2D eigenvalue weighted by Gasteiger charge is 2.19. The van der Waals surface area contributed by atoms with E-state index >= 15 is 0 Å². The predicted molar refractivity (Wildman–Crippen MR) is 85.4 cm³/mol. The first-order valence-corrected chi connectivity index (χ1v) is 8.18. The Morgan fingerprint density at radius 2 is 2.00 bits per heavy atom. The lowest BCUT2D eigenvalue weighted by Crippen LogP contribution is -2.34. The molecule has 0 saturated heterocycles. The van der Waals surface area contributed by atoms with Gasteiger partial charge in [0, 0.05) is 6.04 Å². The monoisotopic (exact) mass is 275 g/mol. The molecule has 0 bridgehead atoms. The lowest BCUT2D eigenvalue weighted by molar-refractivity contribution is 0.279. The maximum Gasteiger partial charge on any atom is 0.119 e. The molecule has 0 spiro atoms. The van der Waals surface area contributed by atoms with Crippen molar-refractivity contribution in [2.24, 2.45) is 5.92 Å². The summed E-state index contributed by atoms with van der Waals surface area (Å²) < 4.78 is 5.27. The van der Waals surface area contributed by atoms with Crippen molar-refractivity contribution in [3.8, 4) is 5.75 Å². The van der Waals surface area contributed by atoms with E-state index in [0.717, 1.165) is 30.7 Å². The molecular formula is C18H29NO. The Bertz CT molecular complexity index is 383. The highest BCUT2D eigenvalue weighted by Crippen LogP contribution is 2.27. The van der Waals surface area contributed by atoms with Crippen molar-refractivity contribution in [2.75, 3.05) is 13.7 Å². The van der Waals surface area contributed by atoms with Gasteiger partial charge < -0.3 is 10.1 Å². The van der Waals surface area contributed by atoms with Crippen LogP contribution in [0.2, 0.25) is 0 Å². The first kappa shape index (κ1) is 15.4. The molecule has 1 aromatic carbocycles. The van der Waals surface area contributed by atoms with Gasteiger partial charge in [-0.3, -0.25) is 0 Å². The second-order valence-corrected chi connectivity index (χ2v) is 6.06. The number of ether oxygens (including phenoxy) is 1. The van der Waals surface area contributed by atoms with E-state index in [9.17, 15) is 0 Å². The van der Waals surface area contributed by atoms with Gasteiger partial charge in [0.15, 0.2) is 0 Å². The summed E-state index contributed by atoms with van der Waals surface area (Å²) in [5.41, 5.74) is 1.36. The average molecular weight is 275 g/mol. The van der Waals surface area contributed by atoms with Gasteiger partial charge >= 0.3 is 0 Å². The second-order valence-electron chi connectivity index (χ2n) is 6.06. The van der Waals surface area contributed by atoms with Crippen LogP contribution in [0.3, 0.4) is 0 Å². The van der Waals surface area contributed by atoms with Crippen LogP contribution >= 0.6 is 0 Å². The van der Waals surface area contributed by atoms with Gasteiger partial charge in [-0.25, -0.2) is 0 Å². The van der Waals surface area contributed by atoms with Crippen LogP contribution in [0.5, 0.6) is 5.75 Å². The molecule has 2 rings (SSSR count). The molecule has 1 aliphatic carbocycles. The number of hydrogen-bond donors (Lipinski definition) is 1. The van der Waals surface area contributed by atoms with E-state index in [-0.39, 0.29) is 0 Å². The first-order valence-electron chi connectivity index (χ1n) is 8.18. The molecule has 0 amide bonds. The van der Waals surface area contributed by atoms with Crippen LogP contribution in [0.15, 0.2) is 24.3 Å². The van der Waals surface area contributed by atoms with E-state index in [1.54, 1.807) is 7.11 Å². The molecule has 1 aliphatic rings. The van der Waals surface area contributed by atoms with Crippen LogP contribution in [0.4, 0.5) is 0 Å². The van der Waals surface area contributed by atoms with E-state index in [4.69, 9.17) is 4.74 Å². The molecule has 1 saturated carbocycles. The third kappa shape index (κ3) is 4.82. The Kier molecular flexibility index (Phi) is 6.38. The summed E-state index contributed by atoms with van der Waals surface area (Å²) in [5.74, 6) is 1.96. The minimum Gasteiger partial charge on any atom is -0.497 e. The zero-order chi connectivity index (χ0) is 14.2. The van der Waals surface area contributed by atoms with Crippen LogP contribution < -0.4 is 10.1 Å². The topological polar surface area (TPSA) is 21.3 Å². The summed E-state index contributed by atoms with van der Waals surface area (Å²) in [6.45, 7) is 3.38. The van der Waals surface area contributed by atoms with Gasteiger partial charge in [-0.05, 0) is 62.3 Å². The summed E-state index contributed by atoms with van der Waals surface area (Å²) in [7, 11) is 1.73. The fourth-order valence-corrected chi connectivity index (χ4v) is 3.31. The molecule has 20 heavy (non-hydrogen) atoms. The Morgan fingerprint density at radius 3 is 2.70 bits per heavy atom. The summed E-state index contributed by atoms with van der Waals surface area (Å²) >= 11 is 0. The highest BCUT2D eigenvalue weighted by molar-refractivity contribution is 5.28. The van der Waals surface area contributed by atoms with Crippen LogP contribution in [-0.4, -0.2) is 19.7 Å². The molecule has 0 radical (unpaired) electrons. The van der Waals surface area contributed by atoms with Crippen molar-refractivity contribution in [1.82, 2.24) is 5.32 Å². The molecule has 0 heterocycles. The van der Waals surface area contributed by atoms with E-state index in [1.807, 2.05) is 6.07 Å². The van der Waals surface area contributed by atoms with Crippen LogP contribution in [0.1, 0.15) is 51.0 Å². The lowest BCUT2D eigenvalue weighted by atomic mass is 9.83. The van der Waals surface area contributed by atoms with E-state index in [2.05, 4.69) is 30.4 Å². The molecule has 1 aromatic rings. The molecule has 2 nitrogen and oxygen atoms in total. The maximum absolute atomic E-state index is 5.27. The molecule has 0 atom stereocenters. The second kappa shape index (κ2) is 8.31. The molecule has 0 aromatic heterocycles. The maximum atomic E-state index is 5.27. The Balaban J connectivity index is 1.66. The Morgan fingerprint density at radius 1 is 1.20 bits per heavy atom. The smallest absolute Gasteiger partial charge is 0.119 e. The van der Waals surface area contributed by atoms with E-state index < -0.39 is 0 Å². The van der Waals surface area contributed by atoms with Crippen LogP contribution in [-0.2, 0) is 6.42 Å². The fourth-order valence-electron chi connectivity index (χ4n) is 3.31. The minimum atomic E-state index is 0.744. The van der Waals surface area contributed by atoms with Crippen molar-refractivity contribution in [3.63, 3.8) is 0 Å². The van der Waals surface area contributed by atoms with E-state index in [1.165, 1.54) is 44.1 Å². The number of rotatable bonds is 7. The molecule has 1 N–H and O–H groups in total. The normalized spacial score (nSPS) is 22.7. The van der Waals surface area contributed by atoms with E-state index in [0.29, 0.717) is 0 Å². The molecule has 1 fully saturated rings. The number of methoxy groups -OCH3 is 1. The van der Waals surface area contributed by atoms with Gasteiger partial charge in [-0.1, -0.05) is 31.9 Å². The Hall–Kier alpha value is -1.02. The molecule has 112 valence electrons. The fraction of sp³-hybridized carbons (Fsp3) is 0.667. The highest BCUT2D eigenvalue weighted by atomic mass is 16.5. The van der Waals surface area contributed by atoms with Gasteiger partial charge in [0.2, 0.25) is 0 Å². The number of benzene rings is 1. The quantitative estimate of drug-likeness (QED) is 0.806. The number of hydrogen-bond acceptors (Lipinski definition) is 2. The zero-order valence-electron chi connectivity index (χ0n) is 13.0. The van der Waals surface area contributed by atoms with Gasteiger partial charge in [0.25, 0.3) is 0 Å². The molecule has 2 heteroatoms. The average Bonchev–Trinajstić information content (AvgIpc) is 2.50. The molecule has 0 unspecified atom stereocenters. The van der Waals surface area contributed by atoms with Gasteiger partial charge in [-0.15, -0.1) is 0 Å². The van der Waals surface area contributed by atoms with Crippen molar-refractivity contribution >= 4 is 0 Å². The molecular weight excluding hydrogens is 246 g/mol. The first-order chi connectivity index (χ1) is 9.81. The Labute approximate surface area is 123 Å². The molecule has 0 aliphatic heterocycles. The van der Waals surface area contributed by atoms with Crippen molar-refractivity contribution in [3.05, 3.63) is 29.8 Å². The van der Waals surface area contributed by atoms with Crippen molar-refractivity contribution in [1.29, 1.82) is 0 Å². The predicted octanol–water partition coefficient (Wildman–Crippen LogP) is 4.19. The van der Waals surface area contributed by atoms with Gasteiger partial charge in [-0.2, -0.15) is 0 Å². The SMILES string of the molecule is CCCC1CCC(NCCc2cccc(OC)c2)CC1. The zero-order valence-corrected chi connectivity index (χ0v) is 13.0. The largest absolute Gasteiger partial charge is 0.497 e. The minimum absolute atomic E-state index is 0.744. The van der Waals surface area contributed by atoms with Crippen LogP contribution in [0.25, 0.3) is 0 Å². The number of nitrogens with one attached hydrogen (secondary N) is 1. The lowest BCUT2D eigenvalue weighted by Gasteiger charge is -2.29.